The van der Waals surface area contributed by atoms with E-state index in [2.05, 4.69) is 34.4 Å². The first-order chi connectivity index (χ1) is 11.1. The van der Waals surface area contributed by atoms with Gasteiger partial charge in [-0.25, -0.2) is 9.78 Å². The monoisotopic (exact) mass is 330 g/mol. The van der Waals surface area contributed by atoms with Crippen molar-refractivity contribution in [3.05, 3.63) is 52.0 Å². The van der Waals surface area contributed by atoms with Crippen LogP contribution in [0.5, 0.6) is 0 Å². The molecule has 0 radical (unpaired) electrons. The maximum atomic E-state index is 12.6. The Morgan fingerprint density at radius 1 is 1.35 bits per heavy atom. The lowest BCUT2D eigenvalue weighted by Gasteiger charge is -2.40. The number of benzene rings is 1. The van der Waals surface area contributed by atoms with E-state index in [1.54, 1.807) is 11.3 Å². The molecule has 1 aromatic carbocycles. The van der Waals surface area contributed by atoms with Crippen LogP contribution in [0.25, 0.3) is 0 Å². The van der Waals surface area contributed by atoms with Gasteiger partial charge in [0.1, 0.15) is 5.01 Å². The Kier molecular flexibility index (Phi) is 4.93. The second-order valence-electron chi connectivity index (χ2n) is 5.92. The van der Waals surface area contributed by atoms with E-state index in [1.807, 2.05) is 35.4 Å². The molecule has 1 aromatic heterocycles. The largest absolute Gasteiger partial charge is 0.331 e. The average Bonchev–Trinajstić information content (AvgIpc) is 2.99. The van der Waals surface area contributed by atoms with E-state index in [-0.39, 0.29) is 12.1 Å². The van der Waals surface area contributed by atoms with Crippen molar-refractivity contribution >= 4 is 17.4 Å². The van der Waals surface area contributed by atoms with E-state index in [9.17, 15) is 4.79 Å². The second-order valence-corrected chi connectivity index (χ2v) is 6.87. The van der Waals surface area contributed by atoms with Crippen LogP contribution >= 0.6 is 11.3 Å². The van der Waals surface area contributed by atoms with Gasteiger partial charge < -0.3 is 15.1 Å². The first kappa shape index (κ1) is 16.0. The number of carbonyl (C=O) groups excluding carboxylic acids is 1. The molecular weight excluding hydrogens is 308 g/mol. The summed E-state index contributed by atoms with van der Waals surface area (Å²) in [5, 5.41) is 5.96. The number of aryl methyl sites for hydroxylation is 1. The van der Waals surface area contributed by atoms with Crippen LogP contribution in [-0.4, -0.2) is 47.5 Å². The Bertz CT molecular complexity index is 658. The van der Waals surface area contributed by atoms with Gasteiger partial charge in [-0.3, -0.25) is 0 Å². The number of urea groups is 1. The highest BCUT2D eigenvalue weighted by molar-refractivity contribution is 7.09. The molecule has 0 saturated carbocycles. The zero-order valence-electron chi connectivity index (χ0n) is 13.5. The van der Waals surface area contributed by atoms with Gasteiger partial charge in [0, 0.05) is 30.7 Å². The fourth-order valence-corrected chi connectivity index (χ4v) is 3.57. The minimum absolute atomic E-state index is 0.0141. The SMILES string of the molecule is Cc1csc(CNC(=O)N2CCN(C)CC2c2ccccc2)n1. The van der Waals surface area contributed by atoms with E-state index in [4.69, 9.17) is 0 Å². The maximum absolute atomic E-state index is 12.6. The van der Waals surface area contributed by atoms with E-state index >= 15 is 0 Å². The maximum Gasteiger partial charge on any atom is 0.318 e. The molecule has 6 heteroatoms. The number of rotatable bonds is 3. The van der Waals surface area contributed by atoms with Gasteiger partial charge in [-0.15, -0.1) is 11.3 Å². The smallest absolute Gasteiger partial charge is 0.318 e. The van der Waals surface area contributed by atoms with Crippen LogP contribution in [0.15, 0.2) is 35.7 Å². The molecule has 3 rings (SSSR count). The van der Waals surface area contributed by atoms with Crippen LogP contribution in [0.2, 0.25) is 0 Å². The number of hydrogen-bond donors (Lipinski definition) is 1. The van der Waals surface area contributed by atoms with Crippen molar-refractivity contribution in [3.8, 4) is 0 Å². The Balaban J connectivity index is 1.69. The predicted molar refractivity (Wildman–Crippen MR) is 92.5 cm³/mol. The van der Waals surface area contributed by atoms with Crippen molar-refractivity contribution in [3.63, 3.8) is 0 Å². The molecule has 1 saturated heterocycles. The van der Waals surface area contributed by atoms with E-state index in [0.717, 1.165) is 30.3 Å². The van der Waals surface area contributed by atoms with Gasteiger partial charge in [-0.2, -0.15) is 0 Å². The third kappa shape index (κ3) is 3.89. The summed E-state index contributed by atoms with van der Waals surface area (Å²) in [5.74, 6) is 0. The lowest BCUT2D eigenvalue weighted by Crippen LogP contribution is -2.52. The fraction of sp³-hybridized carbons (Fsp3) is 0.412. The van der Waals surface area contributed by atoms with E-state index in [1.165, 1.54) is 5.56 Å². The molecule has 1 aliphatic heterocycles. The third-order valence-electron chi connectivity index (χ3n) is 4.09. The molecule has 0 bridgehead atoms. The van der Waals surface area contributed by atoms with Gasteiger partial charge in [0.2, 0.25) is 0 Å². The molecule has 23 heavy (non-hydrogen) atoms. The summed E-state index contributed by atoms with van der Waals surface area (Å²) in [4.78, 5) is 21.2. The number of aromatic nitrogens is 1. The predicted octanol–water partition coefficient (Wildman–Crippen LogP) is 2.65. The summed E-state index contributed by atoms with van der Waals surface area (Å²) in [6, 6.07) is 10.3. The number of amides is 2. The lowest BCUT2D eigenvalue weighted by atomic mass is 10.0. The summed E-state index contributed by atoms with van der Waals surface area (Å²) in [6.07, 6.45) is 0. The molecule has 0 aliphatic carbocycles. The molecule has 1 N–H and O–H groups in total. The molecule has 1 fully saturated rings. The van der Waals surface area contributed by atoms with Gasteiger partial charge in [0.25, 0.3) is 0 Å². The van der Waals surface area contributed by atoms with E-state index < -0.39 is 0 Å². The molecule has 2 aromatic rings. The van der Waals surface area contributed by atoms with Crippen molar-refractivity contribution < 1.29 is 4.79 Å². The lowest BCUT2D eigenvalue weighted by molar-refractivity contribution is 0.108. The van der Waals surface area contributed by atoms with Crippen LogP contribution in [0.3, 0.4) is 0 Å². The van der Waals surface area contributed by atoms with Gasteiger partial charge in [0.15, 0.2) is 0 Å². The standard InChI is InChI=1S/C17H22N4OS/c1-13-12-23-16(19-13)10-18-17(22)21-9-8-20(2)11-15(21)14-6-4-3-5-7-14/h3-7,12,15H,8-11H2,1-2H3,(H,18,22). The van der Waals surface area contributed by atoms with Gasteiger partial charge >= 0.3 is 6.03 Å². The Morgan fingerprint density at radius 2 is 2.13 bits per heavy atom. The van der Waals surface area contributed by atoms with Crippen LogP contribution in [0.4, 0.5) is 4.79 Å². The molecule has 2 amide bonds. The minimum atomic E-state index is -0.0141. The third-order valence-corrected chi connectivity index (χ3v) is 5.05. The Labute approximate surface area is 140 Å². The average molecular weight is 330 g/mol. The highest BCUT2D eigenvalue weighted by Gasteiger charge is 2.30. The molecule has 122 valence electrons. The van der Waals surface area contributed by atoms with E-state index in [0.29, 0.717) is 6.54 Å². The van der Waals surface area contributed by atoms with Crippen LogP contribution in [0.1, 0.15) is 22.3 Å². The van der Waals surface area contributed by atoms with Crippen molar-refractivity contribution in [1.29, 1.82) is 0 Å². The first-order valence-corrected chi connectivity index (χ1v) is 8.70. The van der Waals surface area contributed by atoms with Crippen molar-refractivity contribution in [2.24, 2.45) is 0 Å². The summed E-state index contributed by atoms with van der Waals surface area (Å²) in [7, 11) is 2.10. The number of piperazine rings is 1. The summed E-state index contributed by atoms with van der Waals surface area (Å²) < 4.78 is 0. The number of hydrogen-bond acceptors (Lipinski definition) is 4. The molecule has 2 heterocycles. The van der Waals surface area contributed by atoms with Crippen molar-refractivity contribution in [1.82, 2.24) is 20.1 Å². The summed E-state index contributed by atoms with van der Waals surface area (Å²) in [6.45, 7) is 4.94. The zero-order chi connectivity index (χ0) is 16.2. The zero-order valence-corrected chi connectivity index (χ0v) is 14.3. The minimum Gasteiger partial charge on any atom is -0.331 e. The highest BCUT2D eigenvalue weighted by atomic mass is 32.1. The fourth-order valence-electron chi connectivity index (χ4n) is 2.86. The van der Waals surface area contributed by atoms with Crippen molar-refractivity contribution in [2.75, 3.05) is 26.7 Å². The molecular formula is C17H22N4OS. The number of likely N-dealkylation sites (N-methyl/N-ethyl adjacent to an activating group) is 1. The summed E-state index contributed by atoms with van der Waals surface area (Å²) in [5.41, 5.74) is 2.18. The van der Waals surface area contributed by atoms with Crippen LogP contribution in [0, 0.1) is 6.92 Å². The molecule has 1 aliphatic rings. The quantitative estimate of drug-likeness (QED) is 0.941. The van der Waals surface area contributed by atoms with Gasteiger partial charge in [-0.1, -0.05) is 30.3 Å². The number of nitrogens with zero attached hydrogens (tertiary/aromatic N) is 3. The number of thiazole rings is 1. The van der Waals surface area contributed by atoms with Crippen LogP contribution in [-0.2, 0) is 6.54 Å². The topological polar surface area (TPSA) is 48.5 Å². The van der Waals surface area contributed by atoms with Crippen LogP contribution < -0.4 is 5.32 Å². The van der Waals surface area contributed by atoms with Crippen molar-refractivity contribution in [2.45, 2.75) is 19.5 Å². The Hall–Kier alpha value is -1.92. The number of carbonyl (C=O) groups is 1. The highest BCUT2D eigenvalue weighted by Crippen LogP contribution is 2.24. The van der Waals surface area contributed by atoms with Gasteiger partial charge in [-0.05, 0) is 19.5 Å². The van der Waals surface area contributed by atoms with Gasteiger partial charge in [0.05, 0.1) is 12.6 Å². The second kappa shape index (κ2) is 7.10. The first-order valence-electron chi connectivity index (χ1n) is 7.82. The molecule has 1 unspecified atom stereocenters. The molecule has 0 spiro atoms. The molecule has 1 atom stereocenters. The Morgan fingerprint density at radius 3 is 2.83 bits per heavy atom. The number of nitrogens with one attached hydrogen (secondary N) is 1. The normalized spacial score (nSPS) is 18.9. The molecule has 5 nitrogen and oxygen atoms in total. The summed E-state index contributed by atoms with van der Waals surface area (Å²) >= 11 is 1.58.